The van der Waals surface area contributed by atoms with Gasteiger partial charge in [-0.25, -0.2) is 8.93 Å². The molecule has 0 radical (unpaired) electrons. The topological polar surface area (TPSA) is 89.8 Å². The van der Waals surface area contributed by atoms with Crippen molar-refractivity contribution in [3.8, 4) is 11.1 Å². The van der Waals surface area contributed by atoms with Gasteiger partial charge in [0.25, 0.3) is 0 Å². The smallest absolute Gasteiger partial charge is 0.195 e. The van der Waals surface area contributed by atoms with E-state index in [1.54, 1.807) is 23.3 Å². The number of hydrogen-bond donors (Lipinski definition) is 1. The lowest BCUT2D eigenvalue weighted by Crippen LogP contribution is -2.18. The van der Waals surface area contributed by atoms with Crippen LogP contribution in [0.15, 0.2) is 84.2 Å². The Labute approximate surface area is 192 Å². The van der Waals surface area contributed by atoms with E-state index in [-0.39, 0.29) is 11.2 Å². The number of aryl methyl sites for hydroxylation is 1. The minimum Gasteiger partial charge on any atom is -0.289 e. The molecule has 1 atom stereocenters. The largest absolute Gasteiger partial charge is 0.289 e. The van der Waals surface area contributed by atoms with Gasteiger partial charge < -0.3 is 0 Å². The Morgan fingerprint density at radius 2 is 1.85 bits per heavy atom. The van der Waals surface area contributed by atoms with Gasteiger partial charge in [-0.3, -0.25) is 19.4 Å². The first kappa shape index (κ1) is 21.1. The lowest BCUT2D eigenvalue weighted by molar-refractivity contribution is 0.670. The number of nitrogens with zero attached hydrogens (tertiary/aromatic N) is 4. The summed E-state index contributed by atoms with van der Waals surface area (Å²) in [5, 5.41) is 6.14. The highest BCUT2D eigenvalue weighted by Crippen LogP contribution is 2.22. The first-order valence-electron chi connectivity index (χ1n) is 10.4. The van der Waals surface area contributed by atoms with E-state index in [9.17, 15) is 9.00 Å². The van der Waals surface area contributed by atoms with E-state index in [1.807, 2.05) is 67.8 Å². The molecule has 0 saturated carbocycles. The van der Waals surface area contributed by atoms with Crippen molar-refractivity contribution >= 4 is 32.7 Å². The SMILES string of the molecule is Cn1cc(-c2cnc3ccc4ccc(CS(=O)NCc5ccccn5)cc4c(=O)c3c2)cn1. The van der Waals surface area contributed by atoms with Crippen LogP contribution in [0.4, 0.5) is 0 Å². The second-order valence-corrected chi connectivity index (χ2v) is 9.04. The second kappa shape index (κ2) is 9.01. The Morgan fingerprint density at radius 3 is 2.64 bits per heavy atom. The molecule has 5 aromatic rings. The molecule has 0 bridgehead atoms. The third-order valence-corrected chi connectivity index (χ3v) is 6.48. The summed E-state index contributed by atoms with van der Waals surface area (Å²) >= 11 is 0. The molecule has 164 valence electrons. The molecule has 33 heavy (non-hydrogen) atoms. The number of benzene rings is 1. The van der Waals surface area contributed by atoms with Gasteiger partial charge in [-0.1, -0.05) is 24.3 Å². The average molecular weight is 456 g/mol. The summed E-state index contributed by atoms with van der Waals surface area (Å²) in [6.07, 6.45) is 7.10. The van der Waals surface area contributed by atoms with Crippen molar-refractivity contribution in [3.05, 3.63) is 101 Å². The maximum atomic E-state index is 13.5. The quantitative estimate of drug-likeness (QED) is 0.423. The predicted octanol–water partition coefficient (Wildman–Crippen LogP) is 3.50. The molecule has 1 unspecified atom stereocenters. The fourth-order valence-electron chi connectivity index (χ4n) is 3.73. The average Bonchev–Trinajstić information content (AvgIpc) is 3.22. The fourth-order valence-corrected chi connectivity index (χ4v) is 4.62. The minimum atomic E-state index is -1.30. The first-order chi connectivity index (χ1) is 16.1. The molecule has 0 aliphatic rings. The highest BCUT2D eigenvalue weighted by Gasteiger charge is 2.09. The standard InChI is InChI=1S/C25H21N5O2S/c1-30-15-20(13-28-30)19-11-23-24(27-12-19)8-7-18-6-5-17(10-22(18)25(23)31)16-33(32)29-14-21-4-2-3-9-26-21/h2-13,15,29H,14,16H2,1H3. The summed E-state index contributed by atoms with van der Waals surface area (Å²) in [6.45, 7) is 0.413. The van der Waals surface area contributed by atoms with E-state index in [0.717, 1.165) is 27.8 Å². The molecule has 0 saturated heterocycles. The van der Waals surface area contributed by atoms with E-state index in [1.165, 1.54) is 0 Å². The number of hydrogen-bond acceptors (Lipinski definition) is 5. The van der Waals surface area contributed by atoms with Gasteiger partial charge in [0.1, 0.15) is 0 Å². The van der Waals surface area contributed by atoms with Crippen LogP contribution in [0.25, 0.3) is 32.8 Å². The molecular formula is C25H21N5O2S. The van der Waals surface area contributed by atoms with Crippen LogP contribution in [0, 0.1) is 0 Å². The van der Waals surface area contributed by atoms with Gasteiger partial charge in [0.15, 0.2) is 5.43 Å². The van der Waals surface area contributed by atoms with E-state index >= 15 is 0 Å². The van der Waals surface area contributed by atoms with Crippen LogP contribution < -0.4 is 10.2 Å². The van der Waals surface area contributed by atoms with Gasteiger partial charge in [-0.2, -0.15) is 5.10 Å². The number of pyridine rings is 2. The van der Waals surface area contributed by atoms with Gasteiger partial charge in [0.05, 0.1) is 40.7 Å². The van der Waals surface area contributed by atoms with Crippen molar-refractivity contribution in [2.45, 2.75) is 12.3 Å². The summed E-state index contributed by atoms with van der Waals surface area (Å²) in [7, 11) is 0.548. The Hall–Kier alpha value is -3.75. The van der Waals surface area contributed by atoms with Crippen LogP contribution in [-0.4, -0.2) is 24.0 Å². The van der Waals surface area contributed by atoms with Gasteiger partial charge in [-0.05, 0) is 41.3 Å². The van der Waals surface area contributed by atoms with Crippen molar-refractivity contribution in [1.29, 1.82) is 0 Å². The molecule has 1 N–H and O–H groups in total. The Balaban J connectivity index is 1.48. The summed E-state index contributed by atoms with van der Waals surface area (Å²) in [6, 6.07) is 16.9. The van der Waals surface area contributed by atoms with Crippen LogP contribution in [0.5, 0.6) is 0 Å². The maximum Gasteiger partial charge on any atom is 0.195 e. The highest BCUT2D eigenvalue weighted by atomic mass is 32.2. The van der Waals surface area contributed by atoms with Crippen molar-refractivity contribution in [2.75, 3.05) is 0 Å². The first-order valence-corrected chi connectivity index (χ1v) is 11.8. The molecule has 0 aliphatic carbocycles. The van der Waals surface area contributed by atoms with E-state index < -0.39 is 11.0 Å². The second-order valence-electron chi connectivity index (χ2n) is 7.78. The third-order valence-electron chi connectivity index (χ3n) is 5.42. The summed E-state index contributed by atoms with van der Waals surface area (Å²) in [5.74, 6) is 0.290. The molecule has 2 aromatic carbocycles. The predicted molar refractivity (Wildman–Crippen MR) is 131 cm³/mol. The molecule has 5 rings (SSSR count). The maximum absolute atomic E-state index is 13.5. The fraction of sp³-hybridized carbons (Fsp3) is 0.120. The van der Waals surface area contributed by atoms with Crippen LogP contribution in [-0.2, 0) is 30.3 Å². The van der Waals surface area contributed by atoms with Gasteiger partial charge in [0, 0.05) is 47.5 Å². The number of fused-ring (bicyclic) bond motifs is 2. The van der Waals surface area contributed by atoms with E-state index in [4.69, 9.17) is 0 Å². The molecule has 8 heteroatoms. The highest BCUT2D eigenvalue weighted by molar-refractivity contribution is 7.82. The van der Waals surface area contributed by atoms with Crippen LogP contribution in [0.1, 0.15) is 11.3 Å². The molecule has 7 nitrogen and oxygen atoms in total. The molecule has 0 fully saturated rings. The zero-order valence-corrected chi connectivity index (χ0v) is 18.7. The monoisotopic (exact) mass is 455 g/mol. The molecule has 3 heterocycles. The lowest BCUT2D eigenvalue weighted by atomic mass is 10.1. The van der Waals surface area contributed by atoms with Crippen LogP contribution in [0.2, 0.25) is 0 Å². The third kappa shape index (κ3) is 4.57. The molecule has 0 amide bonds. The molecule has 0 aliphatic heterocycles. The van der Waals surface area contributed by atoms with Gasteiger partial charge in [-0.15, -0.1) is 0 Å². The number of aromatic nitrogens is 4. The van der Waals surface area contributed by atoms with Crippen LogP contribution >= 0.6 is 0 Å². The van der Waals surface area contributed by atoms with E-state index in [0.29, 0.717) is 22.8 Å². The molecule has 0 spiro atoms. The van der Waals surface area contributed by atoms with E-state index in [2.05, 4.69) is 19.8 Å². The van der Waals surface area contributed by atoms with Crippen molar-refractivity contribution in [2.24, 2.45) is 7.05 Å². The summed E-state index contributed by atoms with van der Waals surface area (Å²) < 4.78 is 17.3. The van der Waals surface area contributed by atoms with Gasteiger partial charge >= 0.3 is 0 Å². The Kier molecular flexibility index (Phi) is 5.77. The van der Waals surface area contributed by atoms with Crippen molar-refractivity contribution in [3.63, 3.8) is 0 Å². The Bertz CT molecular complexity index is 1550. The Morgan fingerprint density at radius 1 is 0.970 bits per heavy atom. The summed E-state index contributed by atoms with van der Waals surface area (Å²) in [5.41, 5.74) is 3.91. The van der Waals surface area contributed by atoms with Crippen molar-refractivity contribution < 1.29 is 4.21 Å². The normalized spacial score (nSPS) is 12.3. The molecule has 3 aromatic heterocycles. The molecular weight excluding hydrogens is 434 g/mol. The summed E-state index contributed by atoms with van der Waals surface area (Å²) in [4.78, 5) is 22.2. The zero-order chi connectivity index (χ0) is 22.8. The number of rotatable bonds is 6. The zero-order valence-electron chi connectivity index (χ0n) is 17.9. The lowest BCUT2D eigenvalue weighted by Gasteiger charge is -2.05. The minimum absolute atomic E-state index is 0.0997. The van der Waals surface area contributed by atoms with Crippen molar-refractivity contribution in [1.82, 2.24) is 24.5 Å². The van der Waals surface area contributed by atoms with Gasteiger partial charge in [0.2, 0.25) is 0 Å². The number of nitrogens with one attached hydrogen (secondary N) is 1. The van der Waals surface area contributed by atoms with Crippen LogP contribution in [0.3, 0.4) is 0 Å².